The third-order valence-corrected chi connectivity index (χ3v) is 2.79. The van der Waals surface area contributed by atoms with Gasteiger partial charge in [0.15, 0.2) is 0 Å². The molecule has 0 aliphatic rings. The summed E-state index contributed by atoms with van der Waals surface area (Å²) >= 11 is 0. The van der Waals surface area contributed by atoms with E-state index in [9.17, 15) is 4.79 Å². The number of rotatable bonds is 15. The molecule has 152 valence electrons. The van der Waals surface area contributed by atoms with Gasteiger partial charge in [0.1, 0.15) is 5.60 Å². The van der Waals surface area contributed by atoms with Crippen molar-refractivity contribution in [2.45, 2.75) is 26.4 Å². The zero-order valence-electron chi connectivity index (χ0n) is 16.3. The highest BCUT2D eigenvalue weighted by atomic mass is 16.6. The van der Waals surface area contributed by atoms with Crippen LogP contribution in [-0.2, 0) is 23.7 Å². The molecule has 1 amide bonds. The fraction of sp³-hybridized carbons (Fsp3) is 0.938. The second-order valence-corrected chi connectivity index (χ2v) is 6.31. The van der Waals surface area contributed by atoms with Crippen molar-refractivity contribution in [3.05, 3.63) is 10.4 Å². The molecule has 0 unspecified atom stereocenters. The Labute approximate surface area is 155 Å². The molecule has 0 radical (unpaired) electrons. The van der Waals surface area contributed by atoms with Gasteiger partial charge in [0.2, 0.25) is 0 Å². The maximum Gasteiger partial charge on any atom is 0.410 e. The average molecular weight is 376 g/mol. The summed E-state index contributed by atoms with van der Waals surface area (Å²) in [7, 11) is 1.67. The number of amides is 1. The van der Waals surface area contributed by atoms with Gasteiger partial charge in [0.25, 0.3) is 0 Å². The van der Waals surface area contributed by atoms with E-state index in [1.54, 1.807) is 7.05 Å². The van der Waals surface area contributed by atoms with Gasteiger partial charge in [0.05, 0.1) is 52.9 Å². The van der Waals surface area contributed by atoms with Crippen LogP contribution in [0.25, 0.3) is 10.4 Å². The molecule has 0 fully saturated rings. The number of carbonyl (C=O) groups is 1. The number of ether oxygens (including phenoxy) is 5. The number of hydrogen-bond acceptors (Lipinski definition) is 7. The second-order valence-electron chi connectivity index (χ2n) is 6.31. The largest absolute Gasteiger partial charge is 0.444 e. The van der Waals surface area contributed by atoms with E-state index in [4.69, 9.17) is 29.2 Å². The van der Waals surface area contributed by atoms with Crippen molar-refractivity contribution >= 4 is 6.09 Å². The highest BCUT2D eigenvalue weighted by Crippen LogP contribution is 2.08. The first-order chi connectivity index (χ1) is 12.4. The molecule has 0 rings (SSSR count). The molecule has 0 aliphatic carbocycles. The van der Waals surface area contributed by atoms with Gasteiger partial charge < -0.3 is 28.6 Å². The van der Waals surface area contributed by atoms with Crippen LogP contribution in [0.1, 0.15) is 20.8 Å². The maximum absolute atomic E-state index is 11.7. The summed E-state index contributed by atoms with van der Waals surface area (Å²) in [6.07, 6.45) is -0.365. The van der Waals surface area contributed by atoms with Crippen LogP contribution in [0.3, 0.4) is 0 Å². The van der Waals surface area contributed by atoms with Crippen molar-refractivity contribution in [1.82, 2.24) is 4.90 Å². The minimum atomic E-state index is -0.500. The van der Waals surface area contributed by atoms with Gasteiger partial charge in [0, 0.05) is 25.0 Å². The van der Waals surface area contributed by atoms with E-state index in [1.165, 1.54) is 4.90 Å². The summed E-state index contributed by atoms with van der Waals surface area (Å²) in [5, 5.41) is 3.35. The third kappa shape index (κ3) is 17.2. The smallest absolute Gasteiger partial charge is 0.410 e. The summed E-state index contributed by atoms with van der Waals surface area (Å²) < 4.78 is 26.5. The number of nitrogens with zero attached hydrogens (tertiary/aromatic N) is 4. The second kappa shape index (κ2) is 15.7. The number of carbonyl (C=O) groups excluding carboxylic acids is 1. The number of azide groups is 1. The van der Waals surface area contributed by atoms with Crippen LogP contribution in [0.4, 0.5) is 4.79 Å². The van der Waals surface area contributed by atoms with E-state index in [1.807, 2.05) is 20.8 Å². The molecule has 0 bridgehead atoms. The van der Waals surface area contributed by atoms with Crippen LogP contribution in [0.15, 0.2) is 5.11 Å². The zero-order valence-corrected chi connectivity index (χ0v) is 16.3. The van der Waals surface area contributed by atoms with Gasteiger partial charge in [-0.3, -0.25) is 0 Å². The van der Waals surface area contributed by atoms with Gasteiger partial charge in [-0.25, -0.2) is 4.79 Å². The van der Waals surface area contributed by atoms with E-state index in [2.05, 4.69) is 10.0 Å². The highest BCUT2D eigenvalue weighted by molar-refractivity contribution is 5.67. The van der Waals surface area contributed by atoms with Crippen LogP contribution in [0, 0.1) is 0 Å². The van der Waals surface area contributed by atoms with Crippen molar-refractivity contribution in [1.29, 1.82) is 0 Å². The Bertz CT molecular complexity index is 410. The standard InChI is InChI=1S/C16H32N4O6/c1-16(2,3)26-15(21)20(4)6-8-23-10-12-25-14-13-24-11-9-22-7-5-18-19-17/h5-14H2,1-4H3. The molecule has 10 heteroatoms. The Morgan fingerprint density at radius 3 is 1.85 bits per heavy atom. The normalized spacial score (nSPS) is 11.1. The lowest BCUT2D eigenvalue weighted by molar-refractivity contribution is -0.00507. The van der Waals surface area contributed by atoms with E-state index in [0.717, 1.165) is 0 Å². The molecular weight excluding hydrogens is 344 g/mol. The van der Waals surface area contributed by atoms with Gasteiger partial charge >= 0.3 is 6.09 Å². The van der Waals surface area contributed by atoms with Crippen molar-refractivity contribution < 1.29 is 28.5 Å². The molecule has 0 aliphatic heterocycles. The summed E-state index contributed by atoms with van der Waals surface area (Å²) in [6.45, 7) is 9.86. The average Bonchev–Trinajstić information content (AvgIpc) is 2.56. The minimum absolute atomic E-state index is 0.327. The minimum Gasteiger partial charge on any atom is -0.444 e. The lowest BCUT2D eigenvalue weighted by Gasteiger charge is -2.24. The molecule has 26 heavy (non-hydrogen) atoms. The summed E-state index contributed by atoms with van der Waals surface area (Å²) in [5.41, 5.74) is 7.58. The Kier molecular flexibility index (Phi) is 14.7. The molecule has 0 aromatic rings. The first-order valence-corrected chi connectivity index (χ1v) is 8.63. The predicted octanol–water partition coefficient (Wildman–Crippen LogP) is 2.23. The quantitative estimate of drug-likeness (QED) is 0.187. The lowest BCUT2D eigenvalue weighted by atomic mass is 10.2. The first kappa shape index (κ1) is 24.4. The van der Waals surface area contributed by atoms with Crippen LogP contribution in [-0.4, -0.2) is 89.6 Å². The predicted molar refractivity (Wildman–Crippen MR) is 96.2 cm³/mol. The number of hydrogen-bond donors (Lipinski definition) is 0. The lowest BCUT2D eigenvalue weighted by Crippen LogP contribution is -2.36. The van der Waals surface area contributed by atoms with E-state index >= 15 is 0 Å². The molecule has 0 spiro atoms. The fourth-order valence-electron chi connectivity index (χ4n) is 1.54. The Morgan fingerprint density at radius 1 is 0.923 bits per heavy atom. The fourth-order valence-corrected chi connectivity index (χ4v) is 1.54. The Hall–Kier alpha value is -1.58. The SMILES string of the molecule is CN(CCOCCOCCOCCOCCN=[N+]=[N-])C(=O)OC(C)(C)C. The molecule has 0 aromatic carbocycles. The van der Waals surface area contributed by atoms with E-state index in [-0.39, 0.29) is 6.09 Å². The summed E-state index contributed by atoms with van der Waals surface area (Å²) in [6, 6.07) is 0. The molecule has 0 N–H and O–H groups in total. The molecule has 0 aromatic heterocycles. The van der Waals surface area contributed by atoms with Crippen molar-refractivity contribution in [2.24, 2.45) is 5.11 Å². The highest BCUT2D eigenvalue weighted by Gasteiger charge is 2.19. The molecule has 0 saturated carbocycles. The molecule has 0 atom stereocenters. The van der Waals surface area contributed by atoms with Crippen LogP contribution >= 0.6 is 0 Å². The molecule has 0 saturated heterocycles. The molecular formula is C16H32N4O6. The monoisotopic (exact) mass is 376 g/mol. The van der Waals surface area contributed by atoms with Crippen molar-refractivity contribution in [3.63, 3.8) is 0 Å². The van der Waals surface area contributed by atoms with Crippen LogP contribution in [0.5, 0.6) is 0 Å². The molecule has 0 heterocycles. The van der Waals surface area contributed by atoms with Gasteiger partial charge in [-0.15, -0.1) is 0 Å². The van der Waals surface area contributed by atoms with E-state index in [0.29, 0.717) is 65.9 Å². The Balaban J connectivity index is 3.31. The summed E-state index contributed by atoms with van der Waals surface area (Å²) in [4.78, 5) is 15.8. The van der Waals surface area contributed by atoms with Gasteiger partial charge in [-0.05, 0) is 26.3 Å². The molecule has 10 nitrogen and oxygen atoms in total. The maximum atomic E-state index is 11.7. The topological polar surface area (TPSA) is 115 Å². The third-order valence-electron chi connectivity index (χ3n) is 2.79. The van der Waals surface area contributed by atoms with Crippen LogP contribution in [0.2, 0.25) is 0 Å². The van der Waals surface area contributed by atoms with Crippen molar-refractivity contribution in [3.8, 4) is 0 Å². The summed E-state index contributed by atoms with van der Waals surface area (Å²) in [5.74, 6) is 0. The van der Waals surface area contributed by atoms with Gasteiger partial charge in [-0.1, -0.05) is 5.11 Å². The van der Waals surface area contributed by atoms with Gasteiger partial charge in [-0.2, -0.15) is 0 Å². The van der Waals surface area contributed by atoms with E-state index < -0.39 is 5.60 Å². The van der Waals surface area contributed by atoms with Crippen LogP contribution < -0.4 is 0 Å². The van der Waals surface area contributed by atoms with Crippen molar-refractivity contribution in [2.75, 3.05) is 73.0 Å². The first-order valence-electron chi connectivity index (χ1n) is 8.63. The Morgan fingerprint density at radius 2 is 1.38 bits per heavy atom. The number of likely N-dealkylation sites (N-methyl/N-ethyl adjacent to an activating group) is 1. The zero-order chi connectivity index (χ0) is 19.7.